The zero-order valence-electron chi connectivity index (χ0n) is 11.1. The molecule has 3 rings (SSSR count). The van der Waals surface area contributed by atoms with Crippen LogP contribution in [-0.4, -0.2) is 47.1 Å². The molecule has 1 amide bonds. The van der Waals surface area contributed by atoms with Crippen LogP contribution in [0, 0.1) is 0 Å². The molecule has 2 fully saturated rings. The largest absolute Gasteiger partial charge is 0.363 e. The van der Waals surface area contributed by atoms with E-state index >= 15 is 0 Å². The molecule has 2 saturated heterocycles. The standard InChI is InChI=1S/C13H19N3O2S/c1-10-13(18-9-11(17)15-10)2-5-16(6-3-13)8-12-14-4-7-19-12/h4,7,10H,2-3,5-6,8-9H2,1H3,(H,15,17). The van der Waals surface area contributed by atoms with E-state index in [1.165, 1.54) is 5.01 Å². The predicted octanol–water partition coefficient (Wildman–Crippen LogP) is 1.01. The Hall–Kier alpha value is -0.980. The first-order chi connectivity index (χ1) is 9.18. The number of ether oxygens (including phenoxy) is 1. The zero-order valence-corrected chi connectivity index (χ0v) is 11.9. The molecule has 1 atom stereocenters. The summed E-state index contributed by atoms with van der Waals surface area (Å²) in [5.41, 5.74) is -0.159. The molecular weight excluding hydrogens is 262 g/mol. The van der Waals surface area contributed by atoms with Crippen molar-refractivity contribution in [2.75, 3.05) is 19.7 Å². The molecule has 5 nitrogen and oxygen atoms in total. The number of morpholine rings is 1. The van der Waals surface area contributed by atoms with Gasteiger partial charge in [-0.25, -0.2) is 4.98 Å². The van der Waals surface area contributed by atoms with Crippen LogP contribution in [0.5, 0.6) is 0 Å². The molecule has 0 bridgehead atoms. The van der Waals surface area contributed by atoms with Gasteiger partial charge >= 0.3 is 0 Å². The first kappa shape index (κ1) is 13.0. The van der Waals surface area contributed by atoms with E-state index in [1.54, 1.807) is 11.3 Å². The van der Waals surface area contributed by atoms with Crippen molar-refractivity contribution < 1.29 is 9.53 Å². The van der Waals surface area contributed by atoms with Crippen LogP contribution >= 0.6 is 11.3 Å². The molecule has 1 unspecified atom stereocenters. The average Bonchev–Trinajstić information content (AvgIpc) is 2.90. The third-order valence-corrected chi connectivity index (χ3v) is 4.97. The molecule has 0 aliphatic carbocycles. The fourth-order valence-electron chi connectivity index (χ4n) is 2.94. The topological polar surface area (TPSA) is 54.5 Å². The van der Waals surface area contributed by atoms with Crippen molar-refractivity contribution in [1.82, 2.24) is 15.2 Å². The maximum atomic E-state index is 11.3. The van der Waals surface area contributed by atoms with Gasteiger partial charge in [-0.15, -0.1) is 11.3 Å². The Bertz CT molecular complexity index is 441. The van der Waals surface area contributed by atoms with Gasteiger partial charge in [-0.2, -0.15) is 0 Å². The van der Waals surface area contributed by atoms with Gasteiger partial charge in [0, 0.05) is 24.7 Å². The van der Waals surface area contributed by atoms with Crippen LogP contribution < -0.4 is 5.32 Å². The van der Waals surface area contributed by atoms with Gasteiger partial charge in [0.25, 0.3) is 0 Å². The van der Waals surface area contributed by atoms with E-state index in [2.05, 4.69) is 15.2 Å². The Labute approximate surface area is 117 Å². The number of aromatic nitrogens is 1. The Morgan fingerprint density at radius 3 is 3.00 bits per heavy atom. The molecule has 6 heteroatoms. The fraction of sp³-hybridized carbons (Fsp3) is 0.692. The fourth-order valence-corrected chi connectivity index (χ4v) is 3.60. The summed E-state index contributed by atoms with van der Waals surface area (Å²) in [5, 5.41) is 6.19. The number of nitrogens with zero attached hydrogens (tertiary/aromatic N) is 2. The molecule has 2 aliphatic rings. The molecule has 0 aromatic carbocycles. The highest BCUT2D eigenvalue weighted by atomic mass is 32.1. The molecule has 1 N–H and O–H groups in total. The summed E-state index contributed by atoms with van der Waals surface area (Å²) in [6.45, 7) is 5.18. The second kappa shape index (κ2) is 5.19. The lowest BCUT2D eigenvalue weighted by Gasteiger charge is -2.47. The number of thiazole rings is 1. The first-order valence-corrected chi connectivity index (χ1v) is 7.60. The number of piperidine rings is 1. The quantitative estimate of drug-likeness (QED) is 0.879. The number of hydrogen-bond acceptors (Lipinski definition) is 5. The molecule has 2 aliphatic heterocycles. The Morgan fingerprint density at radius 2 is 2.37 bits per heavy atom. The van der Waals surface area contributed by atoms with Gasteiger partial charge in [0.15, 0.2) is 0 Å². The van der Waals surface area contributed by atoms with Crippen LogP contribution in [0.4, 0.5) is 0 Å². The second-order valence-corrected chi connectivity index (χ2v) is 6.32. The van der Waals surface area contributed by atoms with Crippen molar-refractivity contribution >= 4 is 17.2 Å². The SMILES string of the molecule is CC1NC(=O)COC12CCN(Cc1nccs1)CC2. The molecule has 19 heavy (non-hydrogen) atoms. The van der Waals surface area contributed by atoms with Gasteiger partial charge in [0.2, 0.25) is 5.91 Å². The Balaban J connectivity index is 1.58. The summed E-state index contributed by atoms with van der Waals surface area (Å²) in [6, 6.07) is 0.107. The summed E-state index contributed by atoms with van der Waals surface area (Å²) in [4.78, 5) is 18.1. The van der Waals surface area contributed by atoms with Crippen LogP contribution in [-0.2, 0) is 16.1 Å². The van der Waals surface area contributed by atoms with Crippen LogP contribution in [0.15, 0.2) is 11.6 Å². The number of rotatable bonds is 2. The van der Waals surface area contributed by atoms with Gasteiger partial charge in [0.05, 0.1) is 18.2 Å². The van der Waals surface area contributed by atoms with Gasteiger partial charge < -0.3 is 10.1 Å². The number of amides is 1. The molecule has 1 spiro atoms. The minimum atomic E-state index is -0.159. The van der Waals surface area contributed by atoms with Crippen molar-refractivity contribution in [3.8, 4) is 0 Å². The van der Waals surface area contributed by atoms with E-state index in [0.29, 0.717) is 0 Å². The number of likely N-dealkylation sites (tertiary alicyclic amines) is 1. The summed E-state index contributed by atoms with van der Waals surface area (Å²) in [5.74, 6) is 0.00309. The number of carbonyl (C=O) groups excluding carboxylic acids is 1. The van der Waals surface area contributed by atoms with Gasteiger partial charge in [-0.3, -0.25) is 9.69 Å². The monoisotopic (exact) mass is 281 g/mol. The molecule has 104 valence electrons. The Morgan fingerprint density at radius 1 is 1.58 bits per heavy atom. The van der Waals surface area contributed by atoms with E-state index < -0.39 is 0 Å². The molecular formula is C13H19N3O2S. The van der Waals surface area contributed by atoms with Crippen LogP contribution in [0.3, 0.4) is 0 Å². The lowest BCUT2D eigenvalue weighted by atomic mass is 9.83. The number of hydrogen-bond donors (Lipinski definition) is 1. The second-order valence-electron chi connectivity index (χ2n) is 5.34. The summed E-state index contributed by atoms with van der Waals surface area (Å²) < 4.78 is 5.86. The lowest BCUT2D eigenvalue weighted by Crippen LogP contribution is -2.62. The smallest absolute Gasteiger partial charge is 0.246 e. The zero-order chi connectivity index (χ0) is 13.3. The maximum Gasteiger partial charge on any atom is 0.246 e. The van der Waals surface area contributed by atoms with Gasteiger partial charge in [-0.05, 0) is 19.8 Å². The minimum Gasteiger partial charge on any atom is -0.363 e. The third kappa shape index (κ3) is 2.66. The minimum absolute atomic E-state index is 0.00309. The molecule has 0 saturated carbocycles. The van der Waals surface area contributed by atoms with E-state index in [-0.39, 0.29) is 24.2 Å². The number of nitrogens with one attached hydrogen (secondary N) is 1. The van der Waals surface area contributed by atoms with Crippen molar-refractivity contribution in [3.05, 3.63) is 16.6 Å². The number of carbonyl (C=O) groups is 1. The highest BCUT2D eigenvalue weighted by molar-refractivity contribution is 7.09. The first-order valence-electron chi connectivity index (χ1n) is 6.72. The van der Waals surface area contributed by atoms with Gasteiger partial charge in [0.1, 0.15) is 11.6 Å². The van der Waals surface area contributed by atoms with E-state index in [1.807, 2.05) is 18.5 Å². The Kier molecular flexibility index (Phi) is 3.56. The van der Waals surface area contributed by atoms with Gasteiger partial charge in [-0.1, -0.05) is 0 Å². The molecule has 0 radical (unpaired) electrons. The van der Waals surface area contributed by atoms with Crippen molar-refractivity contribution in [3.63, 3.8) is 0 Å². The van der Waals surface area contributed by atoms with Crippen molar-refractivity contribution in [1.29, 1.82) is 0 Å². The normalized spacial score (nSPS) is 27.4. The van der Waals surface area contributed by atoms with Crippen LogP contribution in [0.25, 0.3) is 0 Å². The summed E-state index contributed by atoms with van der Waals surface area (Å²) in [6.07, 6.45) is 3.80. The summed E-state index contributed by atoms with van der Waals surface area (Å²) >= 11 is 1.70. The maximum absolute atomic E-state index is 11.3. The van der Waals surface area contributed by atoms with E-state index in [0.717, 1.165) is 32.5 Å². The van der Waals surface area contributed by atoms with Crippen molar-refractivity contribution in [2.45, 2.75) is 38.0 Å². The molecule has 1 aromatic rings. The predicted molar refractivity (Wildman–Crippen MR) is 72.9 cm³/mol. The lowest BCUT2D eigenvalue weighted by molar-refractivity contribution is -0.159. The third-order valence-electron chi connectivity index (χ3n) is 4.20. The summed E-state index contributed by atoms with van der Waals surface area (Å²) in [7, 11) is 0. The average molecular weight is 281 g/mol. The molecule has 1 aromatic heterocycles. The highest BCUT2D eigenvalue weighted by Gasteiger charge is 2.44. The van der Waals surface area contributed by atoms with Crippen LogP contribution in [0.1, 0.15) is 24.8 Å². The van der Waals surface area contributed by atoms with Crippen LogP contribution in [0.2, 0.25) is 0 Å². The van der Waals surface area contributed by atoms with E-state index in [9.17, 15) is 4.79 Å². The molecule has 3 heterocycles. The van der Waals surface area contributed by atoms with Crippen molar-refractivity contribution in [2.24, 2.45) is 0 Å². The highest BCUT2D eigenvalue weighted by Crippen LogP contribution is 2.32. The van der Waals surface area contributed by atoms with E-state index in [4.69, 9.17) is 4.74 Å².